The molecular formula is C23H24ClN3O3. The molecule has 1 saturated carbocycles. The monoisotopic (exact) mass is 425 g/mol. The van der Waals surface area contributed by atoms with Crippen LogP contribution in [-0.2, 0) is 9.59 Å². The van der Waals surface area contributed by atoms with Crippen molar-refractivity contribution in [3.63, 3.8) is 0 Å². The molecular weight excluding hydrogens is 402 g/mol. The molecule has 4 rings (SSSR count). The number of rotatable bonds is 5. The summed E-state index contributed by atoms with van der Waals surface area (Å²) in [5.74, 6) is 0.587. The number of aromatic nitrogens is 1. The summed E-state index contributed by atoms with van der Waals surface area (Å²) in [6, 6.07) is 8.97. The summed E-state index contributed by atoms with van der Waals surface area (Å²) in [4.78, 5) is 31.1. The van der Waals surface area contributed by atoms with Crippen LogP contribution in [0.3, 0.4) is 0 Å². The van der Waals surface area contributed by atoms with E-state index in [2.05, 4.69) is 10.3 Å². The normalized spacial score (nSPS) is 19.7. The van der Waals surface area contributed by atoms with Crippen LogP contribution in [0.1, 0.15) is 24.8 Å². The van der Waals surface area contributed by atoms with Gasteiger partial charge in [0.1, 0.15) is 5.75 Å². The van der Waals surface area contributed by atoms with Gasteiger partial charge in [0, 0.05) is 43.2 Å². The minimum Gasteiger partial charge on any atom is -0.495 e. The van der Waals surface area contributed by atoms with E-state index < -0.39 is 0 Å². The predicted molar refractivity (Wildman–Crippen MR) is 116 cm³/mol. The molecule has 1 saturated heterocycles. The highest BCUT2D eigenvalue weighted by atomic mass is 35.5. The average molecular weight is 426 g/mol. The van der Waals surface area contributed by atoms with E-state index in [-0.39, 0.29) is 23.1 Å². The molecule has 2 aromatic rings. The van der Waals surface area contributed by atoms with Crippen molar-refractivity contribution in [2.45, 2.75) is 19.3 Å². The highest BCUT2D eigenvalue weighted by Gasteiger charge is 2.58. The van der Waals surface area contributed by atoms with Gasteiger partial charge >= 0.3 is 0 Å². The number of ether oxygens (including phenoxy) is 1. The quantitative estimate of drug-likeness (QED) is 0.734. The molecule has 2 heterocycles. The van der Waals surface area contributed by atoms with E-state index in [1.807, 2.05) is 17.0 Å². The van der Waals surface area contributed by atoms with Crippen molar-refractivity contribution < 1.29 is 14.3 Å². The topological polar surface area (TPSA) is 71.5 Å². The maximum atomic E-state index is 12.7. The summed E-state index contributed by atoms with van der Waals surface area (Å²) in [5, 5.41) is 3.43. The van der Waals surface area contributed by atoms with Crippen molar-refractivity contribution in [2.24, 2.45) is 11.3 Å². The van der Waals surface area contributed by atoms with E-state index >= 15 is 0 Å². The number of likely N-dealkylation sites (tertiary alicyclic amines) is 1. The number of halogens is 1. The molecule has 7 heteroatoms. The first kappa shape index (κ1) is 20.4. The van der Waals surface area contributed by atoms with Gasteiger partial charge in [-0.15, -0.1) is 0 Å². The lowest BCUT2D eigenvalue weighted by Gasteiger charge is -2.32. The Balaban J connectivity index is 1.29. The van der Waals surface area contributed by atoms with Gasteiger partial charge in [-0.2, -0.15) is 0 Å². The van der Waals surface area contributed by atoms with E-state index in [1.54, 1.807) is 49.9 Å². The molecule has 2 fully saturated rings. The zero-order valence-electron chi connectivity index (χ0n) is 16.8. The molecule has 1 aliphatic heterocycles. The third kappa shape index (κ3) is 4.33. The summed E-state index contributed by atoms with van der Waals surface area (Å²) in [6.07, 6.45) is 9.37. The lowest BCUT2D eigenvalue weighted by Crippen LogP contribution is -2.39. The lowest BCUT2D eigenvalue weighted by molar-refractivity contribution is -0.127. The van der Waals surface area contributed by atoms with Crippen molar-refractivity contribution in [3.05, 3.63) is 59.4 Å². The highest BCUT2D eigenvalue weighted by Crippen LogP contribution is 2.59. The smallest absolute Gasteiger partial charge is 0.246 e. The Hall–Kier alpha value is -2.86. The number of amides is 2. The summed E-state index contributed by atoms with van der Waals surface area (Å²) >= 11 is 6.14. The van der Waals surface area contributed by atoms with Gasteiger partial charge < -0.3 is 15.0 Å². The maximum Gasteiger partial charge on any atom is 0.246 e. The molecule has 1 N–H and O–H groups in total. The third-order valence-corrected chi connectivity index (χ3v) is 6.39. The fourth-order valence-electron chi connectivity index (χ4n) is 4.16. The molecule has 1 unspecified atom stereocenters. The second-order valence-electron chi connectivity index (χ2n) is 7.90. The van der Waals surface area contributed by atoms with Crippen LogP contribution in [0.4, 0.5) is 5.69 Å². The molecule has 1 atom stereocenters. The second-order valence-corrected chi connectivity index (χ2v) is 8.31. The lowest BCUT2D eigenvalue weighted by atomic mass is 9.90. The second kappa shape index (κ2) is 8.48. The number of carbonyl (C=O) groups is 2. The van der Waals surface area contributed by atoms with Crippen LogP contribution in [0.15, 0.2) is 48.8 Å². The molecule has 0 bridgehead atoms. The minimum atomic E-state index is -0.0124. The molecule has 0 radical (unpaired) electrons. The van der Waals surface area contributed by atoms with Gasteiger partial charge in [-0.3, -0.25) is 14.6 Å². The first-order valence-electron chi connectivity index (χ1n) is 10.0. The van der Waals surface area contributed by atoms with Gasteiger partial charge in [-0.25, -0.2) is 0 Å². The molecule has 156 valence electrons. The summed E-state index contributed by atoms with van der Waals surface area (Å²) in [6.45, 7) is 1.35. The Morgan fingerprint density at radius 3 is 2.77 bits per heavy atom. The Morgan fingerprint density at radius 1 is 1.30 bits per heavy atom. The van der Waals surface area contributed by atoms with Crippen molar-refractivity contribution in [1.82, 2.24) is 9.88 Å². The zero-order chi connectivity index (χ0) is 21.1. The molecule has 1 aromatic carbocycles. The van der Waals surface area contributed by atoms with E-state index in [9.17, 15) is 9.59 Å². The van der Waals surface area contributed by atoms with Gasteiger partial charge in [-0.1, -0.05) is 17.7 Å². The fraction of sp³-hybridized carbons (Fsp3) is 0.348. The number of hydrogen-bond acceptors (Lipinski definition) is 4. The first-order chi connectivity index (χ1) is 14.5. The summed E-state index contributed by atoms with van der Waals surface area (Å²) < 4.78 is 5.14. The third-order valence-electron chi connectivity index (χ3n) is 6.10. The number of hydrogen-bond donors (Lipinski definition) is 1. The standard InChI is InChI=1S/C23H24ClN3O3/c1-30-20-6-5-17(13-19(20)24)26-22(29)18-14-23(18)8-11-27(12-9-23)21(28)7-4-16-3-2-10-25-15-16/h2-7,10,13,15,18H,8-9,11-12,14H2,1H3,(H,26,29). The van der Waals surface area contributed by atoms with E-state index in [4.69, 9.17) is 16.3 Å². The Morgan fingerprint density at radius 2 is 2.10 bits per heavy atom. The molecule has 6 nitrogen and oxygen atoms in total. The number of nitrogens with zero attached hydrogens (tertiary/aromatic N) is 2. The number of benzene rings is 1. The number of methoxy groups -OCH3 is 1. The Labute approximate surface area is 180 Å². The SMILES string of the molecule is COc1ccc(NC(=O)C2CC23CCN(C(=O)C=Cc2cccnc2)CC3)cc1Cl. The zero-order valence-corrected chi connectivity index (χ0v) is 17.6. The number of piperidine rings is 1. The van der Waals surface area contributed by atoms with Crippen LogP contribution in [0.25, 0.3) is 6.08 Å². The summed E-state index contributed by atoms with van der Waals surface area (Å²) in [5.41, 5.74) is 1.59. The number of anilines is 1. The fourth-order valence-corrected chi connectivity index (χ4v) is 4.42. The van der Waals surface area contributed by atoms with Crippen LogP contribution in [0.5, 0.6) is 5.75 Å². The van der Waals surface area contributed by atoms with Crippen molar-refractivity contribution >= 4 is 35.2 Å². The molecule has 1 spiro atoms. The van der Waals surface area contributed by atoms with Crippen molar-refractivity contribution in [2.75, 3.05) is 25.5 Å². The van der Waals surface area contributed by atoms with Gasteiger partial charge in [0.15, 0.2) is 0 Å². The van der Waals surface area contributed by atoms with Crippen LogP contribution in [0, 0.1) is 11.3 Å². The molecule has 2 amide bonds. The van der Waals surface area contributed by atoms with Gasteiger partial charge in [-0.05, 0) is 60.6 Å². The van der Waals surface area contributed by atoms with Crippen LogP contribution in [0.2, 0.25) is 5.02 Å². The summed E-state index contributed by atoms with van der Waals surface area (Å²) in [7, 11) is 1.55. The number of pyridine rings is 1. The van der Waals surface area contributed by atoms with Crippen molar-refractivity contribution in [1.29, 1.82) is 0 Å². The van der Waals surface area contributed by atoms with E-state index in [1.165, 1.54) is 0 Å². The van der Waals surface area contributed by atoms with Crippen LogP contribution < -0.4 is 10.1 Å². The van der Waals surface area contributed by atoms with Crippen LogP contribution in [-0.4, -0.2) is 41.9 Å². The maximum absolute atomic E-state index is 12.7. The first-order valence-corrected chi connectivity index (χ1v) is 10.4. The molecule has 1 aliphatic carbocycles. The minimum absolute atomic E-state index is 0.00299. The predicted octanol–water partition coefficient (Wildman–Crippen LogP) is 4.02. The largest absolute Gasteiger partial charge is 0.495 e. The number of nitrogens with one attached hydrogen (secondary N) is 1. The van der Waals surface area contributed by atoms with E-state index in [0.29, 0.717) is 29.5 Å². The van der Waals surface area contributed by atoms with Gasteiger partial charge in [0.25, 0.3) is 0 Å². The average Bonchev–Trinajstić information content (AvgIpc) is 3.47. The molecule has 2 aliphatic rings. The molecule has 30 heavy (non-hydrogen) atoms. The van der Waals surface area contributed by atoms with E-state index in [0.717, 1.165) is 24.8 Å². The highest BCUT2D eigenvalue weighted by molar-refractivity contribution is 6.32. The van der Waals surface area contributed by atoms with Gasteiger partial charge in [0.2, 0.25) is 11.8 Å². The number of carbonyl (C=O) groups excluding carboxylic acids is 2. The molecule has 1 aromatic heterocycles. The Kier molecular flexibility index (Phi) is 5.77. The van der Waals surface area contributed by atoms with Gasteiger partial charge in [0.05, 0.1) is 12.1 Å². The Bertz CT molecular complexity index is 969. The van der Waals surface area contributed by atoms with Crippen molar-refractivity contribution in [3.8, 4) is 5.75 Å². The van der Waals surface area contributed by atoms with Crippen LogP contribution >= 0.6 is 11.6 Å².